The molecule has 1 N–H and O–H groups in total. The molecule has 0 aromatic rings. The van der Waals surface area contributed by atoms with Gasteiger partial charge in [0.2, 0.25) is 0 Å². The first-order chi connectivity index (χ1) is 11.2. The summed E-state index contributed by atoms with van der Waals surface area (Å²) in [4.78, 5) is 0. The molecule has 1 aliphatic rings. The predicted octanol–water partition coefficient (Wildman–Crippen LogP) is 6.76. The van der Waals surface area contributed by atoms with Crippen LogP contribution in [-0.4, -0.2) is 47.3 Å². The van der Waals surface area contributed by atoms with Gasteiger partial charge in [0.1, 0.15) is 8.07 Å². The molecule has 0 bridgehead atoms. The van der Waals surface area contributed by atoms with Crippen LogP contribution in [-0.2, 0) is 26.5 Å². The van der Waals surface area contributed by atoms with Crippen LogP contribution in [0.1, 0.15) is 58.8 Å². The van der Waals surface area contributed by atoms with Gasteiger partial charge in [0.15, 0.2) is 10.0 Å². The fourth-order valence-electron chi connectivity index (χ4n) is 2.02. The Morgan fingerprint density at radius 3 is 2.04 bits per heavy atom. The Morgan fingerprint density at radius 1 is 1.12 bits per heavy atom. The number of hydrogen-bond donors (Lipinski definition) is 1. The molecule has 0 fully saturated rings. The third-order valence-electron chi connectivity index (χ3n) is 2.89. The van der Waals surface area contributed by atoms with Gasteiger partial charge in [0.25, 0.3) is 0 Å². The van der Waals surface area contributed by atoms with E-state index in [9.17, 15) is 4.21 Å². The maximum absolute atomic E-state index is 11.0. The van der Waals surface area contributed by atoms with Crippen molar-refractivity contribution in [2.24, 2.45) is 4.13 Å². The Morgan fingerprint density at radius 2 is 1.62 bits per heavy atom. The summed E-state index contributed by atoms with van der Waals surface area (Å²) in [7, 11) is -3.63. The molecule has 164 valence electrons. The minimum absolute atomic E-state index is 0. The van der Waals surface area contributed by atoms with Gasteiger partial charge < -0.3 is 7.43 Å². The van der Waals surface area contributed by atoms with Gasteiger partial charge in [0.05, 0.1) is 12.3 Å². The Hall–Kier alpha value is 0.874. The molecule has 1 atom stereocenters. The zero-order valence-electron chi connectivity index (χ0n) is 18.1. The van der Waals surface area contributed by atoms with E-state index in [0.717, 1.165) is 25.2 Å². The van der Waals surface area contributed by atoms with E-state index < -0.39 is 18.1 Å². The summed E-state index contributed by atoms with van der Waals surface area (Å²) in [5.41, 5.74) is 0. The molecule has 1 aliphatic carbocycles. The zero-order chi connectivity index (χ0) is 18.8. The third-order valence-corrected chi connectivity index (χ3v) is 7.43. The Labute approximate surface area is 178 Å². The normalized spacial score (nSPS) is 16.5. The van der Waals surface area contributed by atoms with E-state index in [-0.39, 0.29) is 31.8 Å². The molecule has 0 radical (unpaired) electrons. The first-order valence-electron chi connectivity index (χ1n) is 9.27. The van der Waals surface area contributed by atoms with Crippen molar-refractivity contribution in [3.05, 3.63) is 26.0 Å². The van der Waals surface area contributed by atoms with E-state index in [4.69, 9.17) is 4.55 Å². The number of rotatable bonds is 5. The number of allylic oxidation sites excluding steroid dienone is 2. The van der Waals surface area contributed by atoms with Crippen LogP contribution in [0.15, 0.2) is 16.3 Å². The molecule has 0 saturated carbocycles. The minimum atomic E-state index is -2.85. The molecule has 26 heavy (non-hydrogen) atoms. The molecular formula is C19H45NNiO2P2S. The van der Waals surface area contributed by atoms with Crippen LogP contribution in [0.2, 0.25) is 0 Å². The van der Waals surface area contributed by atoms with Crippen LogP contribution < -0.4 is 0 Å². The van der Waals surface area contributed by atoms with Crippen LogP contribution in [0.5, 0.6) is 0 Å². The largest absolute Gasteiger partial charge is 0.358 e. The van der Waals surface area contributed by atoms with Gasteiger partial charge in [-0.3, -0.25) is 4.55 Å². The summed E-state index contributed by atoms with van der Waals surface area (Å²) in [6.07, 6.45) is 19.0. The van der Waals surface area contributed by atoms with Gasteiger partial charge in [-0.05, 0) is 20.8 Å². The van der Waals surface area contributed by atoms with Crippen molar-refractivity contribution in [3.63, 3.8) is 0 Å². The molecule has 0 heterocycles. The first-order valence-corrected chi connectivity index (χ1v) is 16.0. The molecule has 0 spiro atoms. The molecule has 0 aliphatic heterocycles. The average molecular weight is 472 g/mol. The SMILES string of the molecule is C1=C/CCCCC[CH-]/1.CCC[PH+](CCC)N=S(C)(=O)O.C[PH+](C)C.[CH3-].[Ni]. The van der Waals surface area contributed by atoms with Gasteiger partial charge in [-0.1, -0.05) is 37.2 Å². The quantitative estimate of drug-likeness (QED) is 0.273. The predicted molar refractivity (Wildman–Crippen MR) is 127 cm³/mol. The fourth-order valence-corrected chi connectivity index (χ4v) is 6.07. The molecule has 0 amide bonds. The smallest absolute Gasteiger partial charge is 0.192 e. The minimum Gasteiger partial charge on any atom is -0.358 e. The topological polar surface area (TPSA) is 49.7 Å². The van der Waals surface area contributed by atoms with Crippen molar-refractivity contribution in [2.75, 3.05) is 38.6 Å². The molecule has 3 nitrogen and oxygen atoms in total. The maximum Gasteiger partial charge on any atom is 0.192 e. The number of nitrogens with zero attached hydrogens (tertiary/aromatic N) is 1. The Balaban J connectivity index is -0.000000150. The maximum atomic E-state index is 11.0. The molecule has 0 aromatic heterocycles. The second-order valence-electron chi connectivity index (χ2n) is 6.72. The van der Waals surface area contributed by atoms with Crippen LogP contribution in [0.4, 0.5) is 0 Å². The molecule has 0 saturated heterocycles. The van der Waals surface area contributed by atoms with Crippen LogP contribution in [0.3, 0.4) is 0 Å². The van der Waals surface area contributed by atoms with E-state index in [1.165, 1.54) is 38.4 Å². The Bertz CT molecular complexity index is 386. The van der Waals surface area contributed by atoms with Gasteiger partial charge in [-0.15, -0.1) is 12.8 Å². The Kier molecular flexibility index (Phi) is 31.6. The van der Waals surface area contributed by atoms with Crippen LogP contribution in [0.25, 0.3) is 0 Å². The zero-order valence-corrected chi connectivity index (χ0v) is 21.9. The van der Waals surface area contributed by atoms with Gasteiger partial charge >= 0.3 is 0 Å². The summed E-state index contributed by atoms with van der Waals surface area (Å²) in [5, 5.41) is 0. The number of hydrogen-bond acceptors (Lipinski definition) is 2. The first kappa shape index (κ1) is 34.4. The molecule has 1 rings (SSSR count). The third kappa shape index (κ3) is 35.9. The summed E-state index contributed by atoms with van der Waals surface area (Å²) in [5.74, 6) is 0. The van der Waals surface area contributed by atoms with Gasteiger partial charge in [-0.2, -0.15) is 0 Å². The van der Waals surface area contributed by atoms with Crippen molar-refractivity contribution >= 4 is 26.0 Å². The van der Waals surface area contributed by atoms with Gasteiger partial charge in [0, 0.05) is 42.7 Å². The molecule has 0 aromatic carbocycles. The second-order valence-corrected chi connectivity index (χ2v) is 14.1. The second kappa shape index (κ2) is 23.9. The summed E-state index contributed by atoms with van der Waals surface area (Å²) in [6.45, 7) is 11.0. The summed E-state index contributed by atoms with van der Waals surface area (Å²) < 4.78 is 24.0. The van der Waals surface area contributed by atoms with E-state index in [0.29, 0.717) is 0 Å². The summed E-state index contributed by atoms with van der Waals surface area (Å²) >= 11 is 0. The van der Waals surface area contributed by atoms with Crippen molar-refractivity contribution in [2.45, 2.75) is 58.8 Å². The van der Waals surface area contributed by atoms with Crippen molar-refractivity contribution < 1.29 is 25.3 Å². The fraction of sp³-hybridized carbons (Fsp3) is 0.789. The van der Waals surface area contributed by atoms with E-state index >= 15 is 0 Å². The van der Waals surface area contributed by atoms with Crippen molar-refractivity contribution in [1.29, 1.82) is 0 Å². The van der Waals surface area contributed by atoms with E-state index in [1.807, 2.05) is 0 Å². The standard InChI is InChI=1S/C8H13.C7H18NO2PS.C3H9P.CH3.Ni/c1-2-4-6-8-7-5-3-1;1-4-6-11(7-5-2)8-12(3,9)10;1-4(2)3;;/h1-3H,4-8H2;4-7H2,1-3H3,(H,8,9,10);1-3H3;1H3;/q-1;;;-1;/p+2/b2-1+;;;;. The molecule has 1 unspecified atom stereocenters. The van der Waals surface area contributed by atoms with Crippen LogP contribution in [0, 0.1) is 13.8 Å². The van der Waals surface area contributed by atoms with Crippen LogP contribution >= 0.6 is 16.0 Å². The molecular weight excluding hydrogens is 427 g/mol. The van der Waals surface area contributed by atoms with Crippen molar-refractivity contribution in [3.8, 4) is 0 Å². The van der Waals surface area contributed by atoms with Crippen molar-refractivity contribution in [1.82, 2.24) is 0 Å². The molecule has 7 heteroatoms. The van der Waals surface area contributed by atoms with Gasteiger partial charge in [-0.25, -0.2) is 22.8 Å². The van der Waals surface area contributed by atoms with E-state index in [2.05, 4.69) is 56.5 Å². The average Bonchev–Trinajstić information content (AvgIpc) is 2.36. The van der Waals surface area contributed by atoms with E-state index in [1.54, 1.807) is 0 Å². The summed E-state index contributed by atoms with van der Waals surface area (Å²) in [6, 6.07) is 0. The monoisotopic (exact) mass is 471 g/mol.